The Morgan fingerprint density at radius 2 is 2.22 bits per heavy atom. The molecule has 1 heterocycles. The molecule has 0 fully saturated rings. The van der Waals surface area contributed by atoms with Crippen LogP contribution in [0.25, 0.3) is 0 Å². The molecule has 102 valence electrons. The standard InChI is InChI=1S/C13H24N4O/c1-5-16(4)12-8-13(18)17(15-10-12)7-6-14-9-11(2)3/h8,10-11,14H,5-7,9H2,1-4H3. The second kappa shape index (κ2) is 7.16. The second-order valence-corrected chi connectivity index (χ2v) is 4.89. The van der Waals surface area contributed by atoms with E-state index in [1.807, 2.05) is 18.9 Å². The maximum absolute atomic E-state index is 11.8. The molecule has 0 amide bonds. The summed E-state index contributed by atoms with van der Waals surface area (Å²) < 4.78 is 1.50. The Kier molecular flexibility index (Phi) is 5.85. The lowest BCUT2D eigenvalue weighted by molar-refractivity contribution is 0.494. The minimum Gasteiger partial charge on any atom is -0.373 e. The van der Waals surface area contributed by atoms with Crippen molar-refractivity contribution in [3.63, 3.8) is 0 Å². The van der Waals surface area contributed by atoms with Crippen LogP contribution in [0.3, 0.4) is 0 Å². The van der Waals surface area contributed by atoms with Crippen molar-refractivity contribution >= 4 is 5.69 Å². The van der Waals surface area contributed by atoms with Gasteiger partial charge in [0.2, 0.25) is 0 Å². The number of nitrogens with one attached hydrogen (secondary N) is 1. The van der Waals surface area contributed by atoms with Gasteiger partial charge in [0, 0.05) is 26.2 Å². The van der Waals surface area contributed by atoms with Crippen LogP contribution >= 0.6 is 0 Å². The van der Waals surface area contributed by atoms with Crippen molar-refractivity contribution in [3.8, 4) is 0 Å². The highest BCUT2D eigenvalue weighted by molar-refractivity contribution is 5.41. The fourth-order valence-electron chi connectivity index (χ4n) is 1.56. The van der Waals surface area contributed by atoms with E-state index < -0.39 is 0 Å². The smallest absolute Gasteiger partial charge is 0.268 e. The van der Waals surface area contributed by atoms with Crippen LogP contribution in [0.1, 0.15) is 20.8 Å². The van der Waals surface area contributed by atoms with E-state index in [2.05, 4.69) is 24.3 Å². The number of anilines is 1. The van der Waals surface area contributed by atoms with Crippen molar-refractivity contribution in [2.24, 2.45) is 5.92 Å². The van der Waals surface area contributed by atoms with Crippen LogP contribution in [0, 0.1) is 5.92 Å². The summed E-state index contributed by atoms with van der Waals surface area (Å²) in [5, 5.41) is 7.49. The first-order valence-corrected chi connectivity index (χ1v) is 6.53. The Morgan fingerprint density at radius 3 is 2.78 bits per heavy atom. The summed E-state index contributed by atoms with van der Waals surface area (Å²) in [6.07, 6.45) is 1.74. The van der Waals surface area contributed by atoms with Gasteiger partial charge in [0.1, 0.15) is 0 Å². The largest absolute Gasteiger partial charge is 0.373 e. The van der Waals surface area contributed by atoms with Crippen LogP contribution in [-0.2, 0) is 6.54 Å². The van der Waals surface area contributed by atoms with Crippen molar-refractivity contribution in [2.45, 2.75) is 27.3 Å². The Labute approximate surface area is 109 Å². The minimum atomic E-state index is -0.0425. The summed E-state index contributed by atoms with van der Waals surface area (Å²) in [6.45, 7) is 9.57. The molecule has 0 aliphatic heterocycles. The molecule has 0 aliphatic rings. The molecule has 5 nitrogen and oxygen atoms in total. The van der Waals surface area contributed by atoms with Gasteiger partial charge in [0.25, 0.3) is 5.56 Å². The number of rotatable bonds is 7. The van der Waals surface area contributed by atoms with Crippen molar-refractivity contribution in [3.05, 3.63) is 22.6 Å². The monoisotopic (exact) mass is 252 g/mol. The lowest BCUT2D eigenvalue weighted by Crippen LogP contribution is -2.31. The second-order valence-electron chi connectivity index (χ2n) is 4.89. The molecule has 0 radical (unpaired) electrons. The Morgan fingerprint density at radius 1 is 1.50 bits per heavy atom. The van der Waals surface area contributed by atoms with E-state index in [0.717, 1.165) is 25.3 Å². The van der Waals surface area contributed by atoms with Crippen molar-refractivity contribution < 1.29 is 0 Å². The normalized spacial score (nSPS) is 10.9. The lowest BCUT2D eigenvalue weighted by atomic mass is 10.2. The zero-order chi connectivity index (χ0) is 13.5. The van der Waals surface area contributed by atoms with Crippen molar-refractivity contribution in [1.29, 1.82) is 0 Å². The lowest BCUT2D eigenvalue weighted by Gasteiger charge is -2.16. The van der Waals surface area contributed by atoms with E-state index >= 15 is 0 Å². The third kappa shape index (κ3) is 4.49. The first-order valence-electron chi connectivity index (χ1n) is 6.53. The molecule has 0 bridgehead atoms. The van der Waals surface area contributed by atoms with Crippen LogP contribution in [0.5, 0.6) is 0 Å². The molecule has 0 atom stereocenters. The highest BCUT2D eigenvalue weighted by Crippen LogP contribution is 2.05. The maximum Gasteiger partial charge on any atom is 0.268 e. The van der Waals surface area contributed by atoms with Crippen LogP contribution in [-0.4, -0.2) is 36.5 Å². The van der Waals surface area contributed by atoms with Crippen LogP contribution in [0.4, 0.5) is 5.69 Å². The van der Waals surface area contributed by atoms with Gasteiger partial charge in [-0.15, -0.1) is 0 Å². The molecule has 0 saturated carbocycles. The van der Waals surface area contributed by atoms with E-state index in [4.69, 9.17) is 0 Å². The summed E-state index contributed by atoms with van der Waals surface area (Å²) in [5.74, 6) is 0.621. The molecule has 0 aromatic carbocycles. The molecule has 0 aliphatic carbocycles. The van der Waals surface area contributed by atoms with Crippen molar-refractivity contribution in [2.75, 3.05) is 31.6 Å². The quantitative estimate of drug-likeness (QED) is 0.734. The highest BCUT2D eigenvalue weighted by atomic mass is 16.1. The van der Waals surface area contributed by atoms with Gasteiger partial charge >= 0.3 is 0 Å². The Hall–Kier alpha value is -1.36. The maximum atomic E-state index is 11.8. The van der Waals surface area contributed by atoms with Gasteiger partial charge in [-0.2, -0.15) is 5.10 Å². The van der Waals surface area contributed by atoms with E-state index in [1.54, 1.807) is 12.3 Å². The van der Waals surface area contributed by atoms with Gasteiger partial charge in [-0.1, -0.05) is 13.8 Å². The van der Waals surface area contributed by atoms with E-state index in [9.17, 15) is 4.79 Å². The molecule has 5 heteroatoms. The molecule has 0 spiro atoms. The zero-order valence-corrected chi connectivity index (χ0v) is 11.8. The predicted molar refractivity (Wildman–Crippen MR) is 75.1 cm³/mol. The van der Waals surface area contributed by atoms with Crippen LogP contribution in [0.2, 0.25) is 0 Å². The van der Waals surface area contributed by atoms with Gasteiger partial charge < -0.3 is 10.2 Å². The summed E-state index contributed by atoms with van der Waals surface area (Å²) in [7, 11) is 1.95. The summed E-state index contributed by atoms with van der Waals surface area (Å²) in [5.41, 5.74) is 0.827. The first kappa shape index (κ1) is 14.7. The fraction of sp³-hybridized carbons (Fsp3) is 0.692. The molecule has 18 heavy (non-hydrogen) atoms. The van der Waals surface area contributed by atoms with Gasteiger partial charge in [0.05, 0.1) is 18.4 Å². The van der Waals surface area contributed by atoms with E-state index in [1.165, 1.54) is 4.68 Å². The van der Waals surface area contributed by atoms with Crippen LogP contribution < -0.4 is 15.8 Å². The third-order valence-electron chi connectivity index (χ3n) is 2.82. The summed E-state index contributed by atoms with van der Waals surface area (Å²) in [4.78, 5) is 13.8. The van der Waals surface area contributed by atoms with Crippen LogP contribution in [0.15, 0.2) is 17.1 Å². The molecule has 1 rings (SSSR count). The average Bonchev–Trinajstić information content (AvgIpc) is 2.34. The number of aromatic nitrogens is 2. The SMILES string of the molecule is CCN(C)c1cnn(CCNCC(C)C)c(=O)c1. The van der Waals surface area contributed by atoms with Gasteiger partial charge in [-0.05, 0) is 19.4 Å². The third-order valence-corrected chi connectivity index (χ3v) is 2.82. The molecule has 0 saturated heterocycles. The number of hydrogen-bond donors (Lipinski definition) is 1. The molecule has 0 unspecified atom stereocenters. The fourth-order valence-corrected chi connectivity index (χ4v) is 1.56. The summed E-state index contributed by atoms with van der Waals surface area (Å²) >= 11 is 0. The molecular weight excluding hydrogens is 228 g/mol. The Balaban J connectivity index is 2.55. The highest BCUT2D eigenvalue weighted by Gasteiger charge is 2.03. The van der Waals surface area contributed by atoms with Crippen molar-refractivity contribution in [1.82, 2.24) is 15.1 Å². The first-order chi connectivity index (χ1) is 8.54. The number of nitrogens with zero attached hydrogens (tertiary/aromatic N) is 3. The molecule has 1 aromatic rings. The molecule has 1 N–H and O–H groups in total. The Bertz CT molecular complexity index is 414. The molecular formula is C13H24N4O. The molecule has 1 aromatic heterocycles. The zero-order valence-electron chi connectivity index (χ0n) is 11.8. The van der Waals surface area contributed by atoms with E-state index in [0.29, 0.717) is 12.5 Å². The van der Waals surface area contributed by atoms with Gasteiger partial charge in [-0.25, -0.2) is 4.68 Å². The van der Waals surface area contributed by atoms with Gasteiger partial charge in [-0.3, -0.25) is 4.79 Å². The minimum absolute atomic E-state index is 0.0425. The topological polar surface area (TPSA) is 50.2 Å². The van der Waals surface area contributed by atoms with Gasteiger partial charge in [0.15, 0.2) is 0 Å². The average molecular weight is 252 g/mol. The summed E-state index contributed by atoms with van der Waals surface area (Å²) in [6, 6.07) is 1.64. The predicted octanol–water partition coefficient (Wildman–Crippen LogP) is 0.945. The number of hydrogen-bond acceptors (Lipinski definition) is 4. The van der Waals surface area contributed by atoms with E-state index in [-0.39, 0.29) is 5.56 Å².